The van der Waals surface area contributed by atoms with Gasteiger partial charge in [0.15, 0.2) is 17.3 Å². The number of methoxy groups -OCH3 is 2. The zero-order valence-corrected chi connectivity index (χ0v) is 12.0. The summed E-state index contributed by atoms with van der Waals surface area (Å²) in [6, 6.07) is 5.52. The quantitative estimate of drug-likeness (QED) is 0.928. The number of benzene rings is 1. The first-order valence-corrected chi connectivity index (χ1v) is 6.30. The predicted octanol–water partition coefficient (Wildman–Crippen LogP) is 2.52. The summed E-state index contributed by atoms with van der Waals surface area (Å²) in [7, 11) is 3.18. The molecule has 0 amide bonds. The van der Waals surface area contributed by atoms with E-state index in [9.17, 15) is 5.11 Å². The van der Waals surface area contributed by atoms with E-state index < -0.39 is 6.10 Å². The number of rotatable bonds is 4. The first kappa shape index (κ1) is 14.3. The largest absolute Gasteiger partial charge is 0.493 e. The average Bonchev–Trinajstić information content (AvgIpc) is 2.45. The Kier molecular flexibility index (Phi) is 4.20. The van der Waals surface area contributed by atoms with Crippen molar-refractivity contribution >= 4 is 0 Å². The number of aromatic nitrogens is 2. The monoisotopic (exact) mass is 274 g/mol. The summed E-state index contributed by atoms with van der Waals surface area (Å²) >= 11 is 0. The standard InChI is InChI=1S/C15H18N2O3/c1-9-12(10(2)18)8-16-15(17-9)11-5-6-13(19-3)14(7-11)20-4/h5-8,10,18H,1-4H3/t10-/m1/s1. The number of aliphatic hydroxyl groups excluding tert-OH is 1. The molecule has 1 N–H and O–H groups in total. The van der Waals surface area contributed by atoms with Crippen LogP contribution in [0.15, 0.2) is 24.4 Å². The van der Waals surface area contributed by atoms with Crippen molar-refractivity contribution in [1.29, 1.82) is 0 Å². The molecule has 0 bridgehead atoms. The third-order valence-electron chi connectivity index (χ3n) is 3.11. The van der Waals surface area contributed by atoms with Crippen LogP contribution in [0.2, 0.25) is 0 Å². The lowest BCUT2D eigenvalue weighted by atomic mass is 10.1. The van der Waals surface area contributed by atoms with Gasteiger partial charge in [0.1, 0.15) is 0 Å². The number of hydrogen-bond donors (Lipinski definition) is 1. The van der Waals surface area contributed by atoms with E-state index in [1.54, 1.807) is 27.3 Å². The van der Waals surface area contributed by atoms with E-state index in [2.05, 4.69) is 9.97 Å². The normalized spacial score (nSPS) is 12.1. The minimum atomic E-state index is -0.575. The molecular weight excluding hydrogens is 256 g/mol. The van der Waals surface area contributed by atoms with Crippen LogP contribution in [0.1, 0.15) is 24.3 Å². The second-order valence-electron chi connectivity index (χ2n) is 4.48. The highest BCUT2D eigenvalue weighted by Crippen LogP contribution is 2.31. The molecule has 2 aromatic rings. The van der Waals surface area contributed by atoms with Crippen LogP contribution in [0, 0.1) is 6.92 Å². The molecule has 0 spiro atoms. The second kappa shape index (κ2) is 5.88. The van der Waals surface area contributed by atoms with Gasteiger partial charge in [0.25, 0.3) is 0 Å². The summed E-state index contributed by atoms with van der Waals surface area (Å²) in [4.78, 5) is 8.72. The van der Waals surface area contributed by atoms with Crippen LogP contribution in [0.3, 0.4) is 0 Å². The number of aliphatic hydroxyl groups is 1. The van der Waals surface area contributed by atoms with Crippen LogP contribution in [-0.4, -0.2) is 29.3 Å². The van der Waals surface area contributed by atoms with Gasteiger partial charge in [-0.25, -0.2) is 9.97 Å². The molecule has 5 heteroatoms. The van der Waals surface area contributed by atoms with Gasteiger partial charge in [-0.3, -0.25) is 0 Å². The van der Waals surface area contributed by atoms with E-state index in [-0.39, 0.29) is 0 Å². The van der Waals surface area contributed by atoms with Crippen molar-refractivity contribution in [2.24, 2.45) is 0 Å². The van der Waals surface area contributed by atoms with Crippen LogP contribution in [0.25, 0.3) is 11.4 Å². The summed E-state index contributed by atoms with van der Waals surface area (Å²) in [6.07, 6.45) is 1.08. The Morgan fingerprint density at radius 3 is 2.40 bits per heavy atom. The van der Waals surface area contributed by atoms with Gasteiger partial charge in [-0.05, 0) is 32.0 Å². The average molecular weight is 274 g/mol. The fourth-order valence-corrected chi connectivity index (χ4v) is 2.00. The fourth-order valence-electron chi connectivity index (χ4n) is 2.00. The first-order valence-electron chi connectivity index (χ1n) is 6.30. The molecule has 5 nitrogen and oxygen atoms in total. The highest BCUT2D eigenvalue weighted by Gasteiger charge is 2.11. The van der Waals surface area contributed by atoms with Gasteiger partial charge in [0, 0.05) is 23.0 Å². The molecule has 0 saturated heterocycles. The zero-order valence-electron chi connectivity index (χ0n) is 12.0. The molecule has 106 valence electrons. The third kappa shape index (κ3) is 2.72. The lowest BCUT2D eigenvalue weighted by Crippen LogP contribution is -2.01. The van der Waals surface area contributed by atoms with Gasteiger partial charge in [0.05, 0.1) is 20.3 Å². The fraction of sp³-hybridized carbons (Fsp3) is 0.333. The molecule has 0 radical (unpaired) electrons. The van der Waals surface area contributed by atoms with Gasteiger partial charge in [0.2, 0.25) is 0 Å². The Morgan fingerprint density at radius 1 is 1.15 bits per heavy atom. The molecule has 0 aliphatic heterocycles. The van der Waals surface area contributed by atoms with Crippen LogP contribution < -0.4 is 9.47 Å². The Hall–Kier alpha value is -2.14. The SMILES string of the molecule is COc1ccc(-c2ncc([C@@H](C)O)c(C)n2)cc1OC. The summed E-state index contributed by atoms with van der Waals surface area (Å²) in [5.74, 6) is 1.88. The molecular formula is C15H18N2O3. The van der Waals surface area contributed by atoms with Crippen LogP contribution >= 0.6 is 0 Å². The summed E-state index contributed by atoms with van der Waals surface area (Å²) in [5.41, 5.74) is 2.33. The van der Waals surface area contributed by atoms with Crippen molar-refractivity contribution in [3.8, 4) is 22.9 Å². The molecule has 1 aromatic heterocycles. The maximum atomic E-state index is 9.60. The van der Waals surface area contributed by atoms with Crippen molar-refractivity contribution in [2.45, 2.75) is 20.0 Å². The molecule has 0 aliphatic carbocycles. The smallest absolute Gasteiger partial charge is 0.161 e. The number of aryl methyl sites for hydroxylation is 1. The lowest BCUT2D eigenvalue weighted by Gasteiger charge is -2.11. The Morgan fingerprint density at radius 2 is 1.85 bits per heavy atom. The van der Waals surface area contributed by atoms with Crippen LogP contribution in [0.5, 0.6) is 11.5 Å². The highest BCUT2D eigenvalue weighted by atomic mass is 16.5. The molecule has 0 fully saturated rings. The molecule has 1 aromatic carbocycles. The molecule has 0 unspecified atom stereocenters. The van der Waals surface area contributed by atoms with Crippen LogP contribution in [-0.2, 0) is 0 Å². The molecule has 20 heavy (non-hydrogen) atoms. The van der Waals surface area contributed by atoms with Crippen molar-refractivity contribution < 1.29 is 14.6 Å². The van der Waals surface area contributed by atoms with Gasteiger partial charge in [-0.2, -0.15) is 0 Å². The minimum Gasteiger partial charge on any atom is -0.493 e. The van der Waals surface area contributed by atoms with E-state index in [0.717, 1.165) is 16.8 Å². The number of nitrogens with zero attached hydrogens (tertiary/aromatic N) is 2. The summed E-state index contributed by atoms with van der Waals surface area (Å²) in [5, 5.41) is 9.60. The van der Waals surface area contributed by atoms with Crippen molar-refractivity contribution in [1.82, 2.24) is 9.97 Å². The zero-order chi connectivity index (χ0) is 14.7. The third-order valence-corrected chi connectivity index (χ3v) is 3.11. The van der Waals surface area contributed by atoms with Crippen LogP contribution in [0.4, 0.5) is 0 Å². The van der Waals surface area contributed by atoms with E-state index >= 15 is 0 Å². The van der Waals surface area contributed by atoms with Gasteiger partial charge in [-0.15, -0.1) is 0 Å². The first-order chi connectivity index (χ1) is 9.56. The minimum absolute atomic E-state index is 0.575. The van der Waals surface area contributed by atoms with E-state index in [0.29, 0.717) is 17.3 Å². The number of hydrogen-bond acceptors (Lipinski definition) is 5. The van der Waals surface area contributed by atoms with Gasteiger partial charge in [-0.1, -0.05) is 0 Å². The van der Waals surface area contributed by atoms with Gasteiger partial charge < -0.3 is 14.6 Å². The topological polar surface area (TPSA) is 64.5 Å². The summed E-state index contributed by atoms with van der Waals surface area (Å²) < 4.78 is 10.5. The van der Waals surface area contributed by atoms with Crippen molar-refractivity contribution in [3.05, 3.63) is 35.7 Å². The van der Waals surface area contributed by atoms with Crippen molar-refractivity contribution in [3.63, 3.8) is 0 Å². The summed E-state index contributed by atoms with van der Waals surface area (Å²) in [6.45, 7) is 3.55. The highest BCUT2D eigenvalue weighted by molar-refractivity contribution is 5.61. The predicted molar refractivity (Wildman–Crippen MR) is 75.9 cm³/mol. The maximum Gasteiger partial charge on any atom is 0.161 e. The molecule has 2 rings (SSSR count). The number of ether oxygens (including phenoxy) is 2. The molecule has 1 atom stereocenters. The van der Waals surface area contributed by atoms with Gasteiger partial charge >= 0.3 is 0 Å². The Labute approximate surface area is 118 Å². The maximum absolute atomic E-state index is 9.60. The van der Waals surface area contributed by atoms with E-state index in [1.165, 1.54) is 0 Å². The Bertz CT molecular complexity index is 612. The molecule has 0 aliphatic rings. The van der Waals surface area contributed by atoms with Crippen molar-refractivity contribution in [2.75, 3.05) is 14.2 Å². The lowest BCUT2D eigenvalue weighted by molar-refractivity contribution is 0.197. The molecule has 0 saturated carbocycles. The Balaban J connectivity index is 2.44. The van der Waals surface area contributed by atoms with E-state index in [4.69, 9.17) is 9.47 Å². The molecule has 1 heterocycles. The van der Waals surface area contributed by atoms with E-state index in [1.807, 2.05) is 25.1 Å². The second-order valence-corrected chi connectivity index (χ2v) is 4.48.